The van der Waals surface area contributed by atoms with Gasteiger partial charge in [0, 0.05) is 5.56 Å². The highest BCUT2D eigenvalue weighted by Crippen LogP contribution is 2.27. The van der Waals surface area contributed by atoms with Gasteiger partial charge >= 0.3 is 0 Å². The molecular formula is C12H3N5. The molecule has 0 unspecified atom stereocenters. The normalized spacial score (nSPS) is 8.88. The fourth-order valence-corrected chi connectivity index (χ4v) is 1.33. The number of hydrogen-bond donors (Lipinski definition) is 0. The summed E-state index contributed by atoms with van der Waals surface area (Å²) in [5, 5.41) is 44.5. The van der Waals surface area contributed by atoms with E-state index in [2.05, 4.69) is 0 Å². The van der Waals surface area contributed by atoms with Crippen molar-refractivity contribution in [3.63, 3.8) is 0 Å². The highest BCUT2D eigenvalue weighted by atomic mass is 14.4. The summed E-state index contributed by atoms with van der Waals surface area (Å²) in [7, 11) is 0. The molecule has 0 N–H and O–H groups in total. The molecule has 5 nitrogen and oxygen atoms in total. The van der Waals surface area contributed by atoms with E-state index in [9.17, 15) is 0 Å². The Morgan fingerprint density at radius 2 is 1.41 bits per heavy atom. The molecule has 17 heavy (non-hydrogen) atoms. The van der Waals surface area contributed by atoms with Gasteiger partial charge < -0.3 is 0 Å². The third-order valence-corrected chi connectivity index (χ3v) is 2.20. The van der Waals surface area contributed by atoms with Crippen LogP contribution in [0.5, 0.6) is 0 Å². The lowest BCUT2D eigenvalue weighted by Gasteiger charge is -2.11. The van der Waals surface area contributed by atoms with Gasteiger partial charge in [-0.3, -0.25) is 0 Å². The topological polar surface area (TPSA) is 119 Å². The standard InChI is InChI=1S/C12H3N5/c13-4-9-2-1-3-11(10(9)5-14)12(6-15,7-16)8-17/h1-3H. The van der Waals surface area contributed by atoms with E-state index in [4.69, 9.17) is 26.3 Å². The van der Waals surface area contributed by atoms with E-state index in [0.717, 1.165) is 0 Å². The third-order valence-electron chi connectivity index (χ3n) is 2.20. The van der Waals surface area contributed by atoms with Crippen LogP contribution in [0.15, 0.2) is 18.2 Å². The van der Waals surface area contributed by atoms with E-state index in [-0.39, 0.29) is 16.7 Å². The van der Waals surface area contributed by atoms with E-state index < -0.39 is 5.41 Å². The van der Waals surface area contributed by atoms with Gasteiger partial charge in [0.2, 0.25) is 0 Å². The molecule has 0 saturated heterocycles. The molecule has 0 spiro atoms. The third kappa shape index (κ3) is 1.64. The predicted octanol–water partition coefficient (Wildman–Crippen LogP) is 1.24. The molecule has 0 atom stereocenters. The Kier molecular flexibility index (Phi) is 3.08. The summed E-state index contributed by atoms with van der Waals surface area (Å²) in [6.07, 6.45) is 0. The van der Waals surface area contributed by atoms with Gasteiger partial charge in [0.05, 0.1) is 11.1 Å². The minimum Gasteiger partial charge on any atom is -0.195 e. The van der Waals surface area contributed by atoms with Gasteiger partial charge in [-0.05, 0) is 6.07 Å². The van der Waals surface area contributed by atoms with E-state index in [1.165, 1.54) is 18.2 Å². The second kappa shape index (κ2) is 4.46. The fraction of sp³-hybridized carbons (Fsp3) is 0.0833. The van der Waals surface area contributed by atoms with Crippen molar-refractivity contribution in [2.45, 2.75) is 5.41 Å². The molecule has 0 heterocycles. The van der Waals surface area contributed by atoms with Crippen LogP contribution in [0.2, 0.25) is 0 Å². The van der Waals surface area contributed by atoms with Crippen molar-refractivity contribution in [1.29, 1.82) is 26.3 Å². The summed E-state index contributed by atoms with van der Waals surface area (Å²) in [5.74, 6) is 0. The van der Waals surface area contributed by atoms with Crippen LogP contribution in [0.3, 0.4) is 0 Å². The molecule has 0 aliphatic rings. The molecule has 0 aliphatic carbocycles. The number of nitriles is 5. The molecule has 0 bridgehead atoms. The average molecular weight is 217 g/mol. The van der Waals surface area contributed by atoms with E-state index in [1.807, 2.05) is 0 Å². The second-order valence-electron chi connectivity index (χ2n) is 3.04. The SMILES string of the molecule is N#Cc1cccc(C(C#N)(C#N)C#N)c1C#N. The molecule has 1 aromatic carbocycles. The lowest BCUT2D eigenvalue weighted by Crippen LogP contribution is -2.21. The summed E-state index contributed by atoms with van der Waals surface area (Å²) in [4.78, 5) is 0. The molecule has 0 aromatic heterocycles. The smallest absolute Gasteiger partial charge is 0.195 e. The maximum Gasteiger partial charge on any atom is 0.254 e. The first-order valence-electron chi connectivity index (χ1n) is 4.36. The Morgan fingerprint density at radius 3 is 1.82 bits per heavy atom. The maximum atomic E-state index is 8.95. The van der Waals surface area contributed by atoms with Crippen LogP contribution in [-0.2, 0) is 5.41 Å². The first-order valence-corrected chi connectivity index (χ1v) is 4.36. The van der Waals surface area contributed by atoms with Crippen molar-refractivity contribution in [2.24, 2.45) is 0 Å². The minimum absolute atomic E-state index is 0.0372. The summed E-state index contributed by atoms with van der Waals surface area (Å²) in [6.45, 7) is 0. The quantitative estimate of drug-likeness (QED) is 0.700. The highest BCUT2D eigenvalue weighted by Gasteiger charge is 2.35. The average Bonchev–Trinajstić information content (AvgIpc) is 2.41. The van der Waals surface area contributed by atoms with Crippen LogP contribution < -0.4 is 0 Å². The van der Waals surface area contributed by atoms with Crippen LogP contribution in [-0.4, -0.2) is 0 Å². The molecule has 1 rings (SSSR count). The Balaban J connectivity index is 3.75. The molecular weight excluding hydrogens is 214 g/mol. The minimum atomic E-state index is -2.06. The zero-order valence-electron chi connectivity index (χ0n) is 8.47. The van der Waals surface area contributed by atoms with Gasteiger partial charge in [-0.25, -0.2) is 0 Å². The Hall–Kier alpha value is -3.33. The van der Waals surface area contributed by atoms with Gasteiger partial charge in [0.1, 0.15) is 30.3 Å². The number of benzene rings is 1. The van der Waals surface area contributed by atoms with Gasteiger partial charge in [0.25, 0.3) is 5.41 Å². The summed E-state index contributed by atoms with van der Waals surface area (Å²) in [5.41, 5.74) is -2.18. The summed E-state index contributed by atoms with van der Waals surface area (Å²) < 4.78 is 0. The lowest BCUT2D eigenvalue weighted by molar-refractivity contribution is 0.899. The number of rotatable bonds is 1. The first-order chi connectivity index (χ1) is 8.18. The zero-order valence-corrected chi connectivity index (χ0v) is 8.47. The zero-order chi connectivity index (χ0) is 12.9. The Labute approximate surface area is 97.6 Å². The van der Waals surface area contributed by atoms with Crippen molar-refractivity contribution >= 4 is 0 Å². The second-order valence-corrected chi connectivity index (χ2v) is 3.04. The van der Waals surface area contributed by atoms with Crippen molar-refractivity contribution in [2.75, 3.05) is 0 Å². The Morgan fingerprint density at radius 1 is 0.824 bits per heavy atom. The first kappa shape index (κ1) is 11.7. The van der Waals surface area contributed by atoms with E-state index in [0.29, 0.717) is 0 Å². The molecule has 1 aromatic rings. The Bertz CT molecular complexity index is 631. The molecule has 0 fully saturated rings. The highest BCUT2D eigenvalue weighted by molar-refractivity contribution is 5.60. The van der Waals surface area contributed by atoms with Gasteiger partial charge in [-0.15, -0.1) is 0 Å². The number of hydrogen-bond acceptors (Lipinski definition) is 5. The fourth-order valence-electron chi connectivity index (χ4n) is 1.33. The van der Waals surface area contributed by atoms with Crippen molar-refractivity contribution in [3.8, 4) is 30.3 Å². The monoisotopic (exact) mass is 217 g/mol. The van der Waals surface area contributed by atoms with Gasteiger partial charge in [-0.2, -0.15) is 26.3 Å². The van der Waals surface area contributed by atoms with E-state index in [1.54, 1.807) is 30.3 Å². The largest absolute Gasteiger partial charge is 0.254 e. The van der Waals surface area contributed by atoms with Crippen molar-refractivity contribution in [1.82, 2.24) is 0 Å². The van der Waals surface area contributed by atoms with Crippen molar-refractivity contribution in [3.05, 3.63) is 34.9 Å². The molecule has 0 saturated carbocycles. The van der Waals surface area contributed by atoms with Gasteiger partial charge in [0.15, 0.2) is 0 Å². The van der Waals surface area contributed by atoms with Crippen LogP contribution in [0.4, 0.5) is 0 Å². The van der Waals surface area contributed by atoms with Crippen LogP contribution >= 0.6 is 0 Å². The summed E-state index contributed by atoms with van der Waals surface area (Å²) >= 11 is 0. The number of nitrogens with zero attached hydrogens (tertiary/aromatic N) is 5. The predicted molar refractivity (Wildman–Crippen MR) is 54.4 cm³/mol. The molecule has 0 aliphatic heterocycles. The van der Waals surface area contributed by atoms with E-state index >= 15 is 0 Å². The maximum absolute atomic E-state index is 8.95. The van der Waals surface area contributed by atoms with Crippen molar-refractivity contribution < 1.29 is 0 Å². The molecule has 76 valence electrons. The molecule has 0 amide bonds. The van der Waals surface area contributed by atoms with Crippen LogP contribution in [0.1, 0.15) is 16.7 Å². The molecule has 0 radical (unpaired) electrons. The van der Waals surface area contributed by atoms with Crippen LogP contribution in [0, 0.1) is 56.7 Å². The van der Waals surface area contributed by atoms with Gasteiger partial charge in [-0.1, -0.05) is 12.1 Å². The molecule has 5 heteroatoms. The van der Waals surface area contributed by atoms with Crippen LogP contribution in [0.25, 0.3) is 0 Å². The summed E-state index contributed by atoms with van der Waals surface area (Å²) in [6, 6.07) is 12.4. The lowest BCUT2D eigenvalue weighted by atomic mass is 9.81.